The second-order valence-electron chi connectivity index (χ2n) is 4.11. The summed E-state index contributed by atoms with van der Waals surface area (Å²) >= 11 is 0. The van der Waals surface area contributed by atoms with E-state index < -0.39 is 6.10 Å². The van der Waals surface area contributed by atoms with Crippen LogP contribution in [0.5, 0.6) is 0 Å². The van der Waals surface area contributed by atoms with Crippen molar-refractivity contribution in [1.82, 2.24) is 0 Å². The average Bonchev–Trinajstić information content (AvgIpc) is 2.38. The Bertz CT molecular complexity index is 511. The van der Waals surface area contributed by atoms with E-state index in [4.69, 9.17) is 5.26 Å². The third-order valence-electron chi connectivity index (χ3n) is 2.92. The van der Waals surface area contributed by atoms with Crippen molar-refractivity contribution in [2.75, 3.05) is 0 Å². The molecule has 0 aliphatic heterocycles. The van der Waals surface area contributed by atoms with Gasteiger partial charge in [0.05, 0.1) is 11.6 Å². The average molecular weight is 227 g/mol. The Morgan fingerprint density at radius 3 is 2.94 bits per heavy atom. The van der Waals surface area contributed by atoms with E-state index >= 15 is 0 Å². The van der Waals surface area contributed by atoms with Crippen LogP contribution in [0.2, 0.25) is 0 Å². The quantitative estimate of drug-likeness (QED) is 0.843. The van der Waals surface area contributed by atoms with Crippen molar-refractivity contribution in [2.45, 2.75) is 25.4 Å². The van der Waals surface area contributed by atoms with Gasteiger partial charge in [0.1, 0.15) is 6.10 Å². The van der Waals surface area contributed by atoms with E-state index in [1.807, 2.05) is 6.07 Å². The molecular weight excluding hydrogens is 214 g/mol. The first-order valence-electron chi connectivity index (χ1n) is 5.64. The van der Waals surface area contributed by atoms with E-state index in [-0.39, 0.29) is 5.78 Å². The molecule has 0 radical (unpaired) electrons. The van der Waals surface area contributed by atoms with Crippen molar-refractivity contribution in [2.24, 2.45) is 0 Å². The van der Waals surface area contributed by atoms with Gasteiger partial charge in [-0.15, -0.1) is 0 Å². The third kappa shape index (κ3) is 2.43. The number of rotatable bonds is 2. The number of ketones is 1. The second-order valence-corrected chi connectivity index (χ2v) is 4.11. The molecule has 0 bridgehead atoms. The van der Waals surface area contributed by atoms with Gasteiger partial charge in [0.15, 0.2) is 5.78 Å². The van der Waals surface area contributed by atoms with E-state index in [0.29, 0.717) is 23.1 Å². The molecule has 1 atom stereocenters. The van der Waals surface area contributed by atoms with Crippen molar-refractivity contribution < 1.29 is 9.90 Å². The molecule has 1 aromatic rings. The lowest BCUT2D eigenvalue weighted by atomic mass is 9.90. The molecule has 3 heteroatoms. The topological polar surface area (TPSA) is 61.1 Å². The first-order valence-corrected chi connectivity index (χ1v) is 5.64. The van der Waals surface area contributed by atoms with Gasteiger partial charge in [0.2, 0.25) is 0 Å². The van der Waals surface area contributed by atoms with E-state index in [1.165, 1.54) is 0 Å². The molecule has 1 aromatic carbocycles. The van der Waals surface area contributed by atoms with E-state index in [9.17, 15) is 9.90 Å². The lowest BCUT2D eigenvalue weighted by molar-refractivity contribution is -0.117. The molecule has 2 rings (SSSR count). The first-order chi connectivity index (χ1) is 8.22. The number of allylic oxidation sites excluding steroid dienone is 1. The zero-order chi connectivity index (χ0) is 12.3. The summed E-state index contributed by atoms with van der Waals surface area (Å²) in [6.45, 7) is 0. The molecule has 0 amide bonds. The summed E-state index contributed by atoms with van der Waals surface area (Å²) in [6.07, 6.45) is 3.08. The molecule has 1 aliphatic carbocycles. The Morgan fingerprint density at radius 1 is 1.41 bits per heavy atom. The van der Waals surface area contributed by atoms with Crippen LogP contribution in [0.15, 0.2) is 35.9 Å². The van der Waals surface area contributed by atoms with Gasteiger partial charge < -0.3 is 5.11 Å². The van der Waals surface area contributed by atoms with Crippen LogP contribution in [-0.4, -0.2) is 10.9 Å². The second kappa shape index (κ2) is 4.94. The Labute approximate surface area is 100 Å². The highest BCUT2D eigenvalue weighted by atomic mass is 16.3. The summed E-state index contributed by atoms with van der Waals surface area (Å²) in [5.74, 6) is 0.00566. The molecule has 1 unspecified atom stereocenters. The number of benzene rings is 1. The molecule has 1 N–H and O–H groups in total. The van der Waals surface area contributed by atoms with Gasteiger partial charge in [-0.1, -0.05) is 18.2 Å². The fourth-order valence-corrected chi connectivity index (χ4v) is 2.00. The Morgan fingerprint density at radius 2 is 2.24 bits per heavy atom. The minimum absolute atomic E-state index is 0.00566. The van der Waals surface area contributed by atoms with Crippen LogP contribution in [0.4, 0.5) is 0 Å². The molecule has 0 fully saturated rings. The Hall–Kier alpha value is -1.92. The van der Waals surface area contributed by atoms with Crippen LogP contribution >= 0.6 is 0 Å². The molecule has 1 aliphatic rings. The number of nitriles is 1. The van der Waals surface area contributed by atoms with Crippen LogP contribution in [-0.2, 0) is 4.79 Å². The molecule has 0 saturated heterocycles. The van der Waals surface area contributed by atoms with Crippen LogP contribution in [0.3, 0.4) is 0 Å². The third-order valence-corrected chi connectivity index (χ3v) is 2.92. The van der Waals surface area contributed by atoms with Gasteiger partial charge >= 0.3 is 0 Å². The zero-order valence-corrected chi connectivity index (χ0v) is 9.39. The number of carbonyl (C=O) groups excluding carboxylic acids is 1. The minimum atomic E-state index is -0.906. The summed E-state index contributed by atoms with van der Waals surface area (Å²) in [5.41, 5.74) is 1.56. The molecule has 86 valence electrons. The summed E-state index contributed by atoms with van der Waals surface area (Å²) in [4.78, 5) is 11.7. The number of Topliss-reactive ketones (excluding diaryl/α,β-unsaturated/α-hetero) is 1. The molecule has 0 saturated carbocycles. The maximum atomic E-state index is 11.7. The fourth-order valence-electron chi connectivity index (χ4n) is 2.00. The maximum absolute atomic E-state index is 11.7. The fraction of sp³-hybridized carbons (Fsp3) is 0.286. The van der Waals surface area contributed by atoms with Gasteiger partial charge in [-0.2, -0.15) is 5.26 Å². The number of carbonyl (C=O) groups is 1. The summed E-state index contributed by atoms with van der Waals surface area (Å²) < 4.78 is 0. The summed E-state index contributed by atoms with van der Waals surface area (Å²) in [7, 11) is 0. The van der Waals surface area contributed by atoms with Gasteiger partial charge in [-0.25, -0.2) is 0 Å². The standard InChI is InChI=1S/C14H13NO2/c15-9-10-4-3-5-11(8-10)14(17)12-6-1-2-7-13(12)16/h3-6,8,14,17H,1-2,7H2. The maximum Gasteiger partial charge on any atom is 0.161 e. The van der Waals surface area contributed by atoms with Crippen molar-refractivity contribution in [1.29, 1.82) is 5.26 Å². The summed E-state index contributed by atoms with van der Waals surface area (Å²) in [5, 5.41) is 18.9. The molecule has 0 aromatic heterocycles. The highest BCUT2D eigenvalue weighted by Crippen LogP contribution is 2.27. The molecule has 17 heavy (non-hydrogen) atoms. The van der Waals surface area contributed by atoms with E-state index in [0.717, 1.165) is 12.8 Å². The van der Waals surface area contributed by atoms with Crippen molar-refractivity contribution in [3.8, 4) is 6.07 Å². The first kappa shape index (κ1) is 11.6. The SMILES string of the molecule is N#Cc1cccc(C(O)C2=CCCCC2=O)c1. The monoisotopic (exact) mass is 227 g/mol. The lowest BCUT2D eigenvalue weighted by Crippen LogP contribution is -2.14. The van der Waals surface area contributed by atoms with Gasteiger partial charge in [-0.3, -0.25) is 4.79 Å². The Balaban J connectivity index is 2.30. The van der Waals surface area contributed by atoms with E-state index in [2.05, 4.69) is 0 Å². The van der Waals surface area contributed by atoms with Crippen molar-refractivity contribution in [3.05, 3.63) is 47.0 Å². The van der Waals surface area contributed by atoms with Crippen LogP contribution in [0, 0.1) is 11.3 Å². The zero-order valence-electron chi connectivity index (χ0n) is 9.39. The Kier molecular flexibility index (Phi) is 3.36. The number of hydrogen-bond donors (Lipinski definition) is 1. The van der Waals surface area contributed by atoms with Crippen LogP contribution in [0.1, 0.15) is 36.5 Å². The highest BCUT2D eigenvalue weighted by molar-refractivity contribution is 5.97. The highest BCUT2D eigenvalue weighted by Gasteiger charge is 2.22. The number of hydrogen-bond acceptors (Lipinski definition) is 3. The molecular formula is C14H13NO2. The normalized spacial score (nSPS) is 17.2. The minimum Gasteiger partial charge on any atom is -0.384 e. The predicted octanol–water partition coefficient (Wildman–Crippen LogP) is 2.27. The van der Waals surface area contributed by atoms with Gasteiger partial charge in [0.25, 0.3) is 0 Å². The van der Waals surface area contributed by atoms with Gasteiger partial charge in [0, 0.05) is 12.0 Å². The smallest absolute Gasteiger partial charge is 0.161 e. The van der Waals surface area contributed by atoms with Gasteiger partial charge in [-0.05, 0) is 30.5 Å². The number of nitrogens with zero attached hydrogens (tertiary/aromatic N) is 1. The van der Waals surface area contributed by atoms with E-state index in [1.54, 1.807) is 30.3 Å². The molecule has 0 heterocycles. The largest absolute Gasteiger partial charge is 0.384 e. The molecule has 0 spiro atoms. The van der Waals surface area contributed by atoms with Crippen LogP contribution in [0.25, 0.3) is 0 Å². The number of aliphatic hydroxyl groups is 1. The molecule has 3 nitrogen and oxygen atoms in total. The summed E-state index contributed by atoms with van der Waals surface area (Å²) in [6, 6.07) is 8.76. The number of aliphatic hydroxyl groups excluding tert-OH is 1. The van der Waals surface area contributed by atoms with Crippen molar-refractivity contribution >= 4 is 5.78 Å². The van der Waals surface area contributed by atoms with Crippen LogP contribution < -0.4 is 0 Å². The van der Waals surface area contributed by atoms with Crippen molar-refractivity contribution in [3.63, 3.8) is 0 Å². The lowest BCUT2D eigenvalue weighted by Gasteiger charge is -2.17. The predicted molar refractivity (Wildman–Crippen MR) is 63.1 cm³/mol.